The van der Waals surface area contributed by atoms with Crippen LogP contribution < -0.4 is 4.90 Å². The SMILES string of the molecule is CN(CC(=O)Cc1ccccc1)c1ccc(F)cc1. The van der Waals surface area contributed by atoms with Crippen molar-refractivity contribution in [3.63, 3.8) is 0 Å². The molecular weight excluding hydrogens is 241 g/mol. The van der Waals surface area contributed by atoms with Gasteiger partial charge in [0.1, 0.15) is 5.82 Å². The summed E-state index contributed by atoms with van der Waals surface area (Å²) in [5.74, 6) is -0.134. The van der Waals surface area contributed by atoms with Crippen LogP contribution in [0.3, 0.4) is 0 Å². The highest BCUT2D eigenvalue weighted by atomic mass is 19.1. The van der Waals surface area contributed by atoms with Gasteiger partial charge in [-0.05, 0) is 29.8 Å². The summed E-state index contributed by atoms with van der Waals surface area (Å²) in [5, 5.41) is 0. The summed E-state index contributed by atoms with van der Waals surface area (Å²) in [6.07, 6.45) is 0.423. The predicted octanol–water partition coefficient (Wildman–Crippen LogP) is 3.07. The Hall–Kier alpha value is -2.16. The minimum Gasteiger partial charge on any atom is -0.367 e. The lowest BCUT2D eigenvalue weighted by Crippen LogP contribution is -2.26. The molecule has 2 nitrogen and oxygen atoms in total. The largest absolute Gasteiger partial charge is 0.367 e. The molecule has 0 fully saturated rings. The lowest BCUT2D eigenvalue weighted by Gasteiger charge is -2.18. The van der Waals surface area contributed by atoms with Crippen molar-refractivity contribution in [3.8, 4) is 0 Å². The standard InChI is InChI=1S/C16H16FNO/c1-18(15-9-7-14(17)8-10-15)12-16(19)11-13-5-3-2-4-6-13/h2-10H,11-12H2,1H3. The van der Waals surface area contributed by atoms with Crippen LogP contribution in [0.15, 0.2) is 54.6 Å². The molecule has 0 atom stereocenters. The second-order valence-corrected chi connectivity index (χ2v) is 4.53. The van der Waals surface area contributed by atoms with E-state index < -0.39 is 0 Å². The van der Waals surface area contributed by atoms with Crippen molar-refractivity contribution in [3.05, 3.63) is 66.0 Å². The maximum absolute atomic E-state index is 12.8. The topological polar surface area (TPSA) is 20.3 Å². The molecule has 0 saturated carbocycles. The first-order chi connectivity index (χ1) is 9.15. The fraction of sp³-hybridized carbons (Fsp3) is 0.188. The molecule has 0 aliphatic rings. The third-order valence-corrected chi connectivity index (χ3v) is 2.93. The Morgan fingerprint density at radius 3 is 2.32 bits per heavy atom. The van der Waals surface area contributed by atoms with Gasteiger partial charge in [0, 0.05) is 19.2 Å². The van der Waals surface area contributed by atoms with E-state index in [1.54, 1.807) is 12.1 Å². The molecule has 0 heterocycles. The summed E-state index contributed by atoms with van der Waals surface area (Å²) in [5.41, 5.74) is 1.85. The second-order valence-electron chi connectivity index (χ2n) is 4.53. The lowest BCUT2D eigenvalue weighted by molar-refractivity contribution is -0.117. The zero-order valence-corrected chi connectivity index (χ0v) is 10.8. The molecule has 98 valence electrons. The van der Waals surface area contributed by atoms with E-state index in [0.717, 1.165) is 11.3 Å². The fourth-order valence-corrected chi connectivity index (χ4v) is 1.93. The third kappa shape index (κ3) is 3.91. The molecule has 19 heavy (non-hydrogen) atoms. The summed E-state index contributed by atoms with van der Waals surface area (Å²) in [6, 6.07) is 15.8. The van der Waals surface area contributed by atoms with E-state index in [1.165, 1.54) is 12.1 Å². The first-order valence-corrected chi connectivity index (χ1v) is 6.17. The van der Waals surface area contributed by atoms with E-state index in [0.29, 0.717) is 13.0 Å². The quantitative estimate of drug-likeness (QED) is 0.820. The molecule has 0 bridgehead atoms. The summed E-state index contributed by atoms with van der Waals surface area (Å²) < 4.78 is 12.8. The number of hydrogen-bond acceptors (Lipinski definition) is 2. The number of anilines is 1. The van der Waals surface area contributed by atoms with Crippen molar-refractivity contribution in [2.45, 2.75) is 6.42 Å². The van der Waals surface area contributed by atoms with Gasteiger partial charge < -0.3 is 4.90 Å². The highest BCUT2D eigenvalue weighted by Crippen LogP contribution is 2.13. The Morgan fingerprint density at radius 2 is 1.68 bits per heavy atom. The average Bonchev–Trinajstić information content (AvgIpc) is 2.40. The van der Waals surface area contributed by atoms with Gasteiger partial charge in [-0.15, -0.1) is 0 Å². The van der Waals surface area contributed by atoms with Gasteiger partial charge in [-0.2, -0.15) is 0 Å². The molecule has 0 aromatic heterocycles. The maximum Gasteiger partial charge on any atom is 0.156 e. The van der Waals surface area contributed by atoms with Crippen molar-refractivity contribution >= 4 is 11.5 Å². The van der Waals surface area contributed by atoms with Crippen LogP contribution in [-0.4, -0.2) is 19.4 Å². The molecule has 0 aliphatic heterocycles. The molecule has 2 aromatic carbocycles. The van der Waals surface area contributed by atoms with Gasteiger partial charge in [-0.3, -0.25) is 4.79 Å². The molecule has 0 amide bonds. The van der Waals surface area contributed by atoms with Crippen LogP contribution >= 0.6 is 0 Å². The number of rotatable bonds is 5. The molecule has 0 unspecified atom stereocenters. The Morgan fingerprint density at radius 1 is 1.05 bits per heavy atom. The molecular formula is C16H16FNO. The van der Waals surface area contributed by atoms with Crippen LogP contribution in [0.25, 0.3) is 0 Å². The molecule has 0 spiro atoms. The number of Topliss-reactive ketones (excluding diaryl/α,β-unsaturated/α-hetero) is 1. The number of nitrogens with zero attached hydrogens (tertiary/aromatic N) is 1. The van der Waals surface area contributed by atoms with E-state index in [9.17, 15) is 9.18 Å². The van der Waals surface area contributed by atoms with Crippen LogP contribution in [0.4, 0.5) is 10.1 Å². The molecule has 0 N–H and O–H groups in total. The number of carbonyl (C=O) groups is 1. The van der Waals surface area contributed by atoms with Crippen molar-refractivity contribution < 1.29 is 9.18 Å². The van der Waals surface area contributed by atoms with Crippen molar-refractivity contribution in [2.24, 2.45) is 0 Å². The number of likely N-dealkylation sites (N-methyl/N-ethyl adjacent to an activating group) is 1. The van der Waals surface area contributed by atoms with Crippen molar-refractivity contribution in [1.29, 1.82) is 0 Å². The van der Waals surface area contributed by atoms with Gasteiger partial charge in [0.05, 0.1) is 6.54 Å². The normalized spacial score (nSPS) is 10.2. The van der Waals surface area contributed by atoms with Crippen LogP contribution in [0.2, 0.25) is 0 Å². The van der Waals surface area contributed by atoms with E-state index in [2.05, 4.69) is 0 Å². The summed E-state index contributed by atoms with van der Waals surface area (Å²) >= 11 is 0. The van der Waals surface area contributed by atoms with Crippen LogP contribution in [-0.2, 0) is 11.2 Å². The molecule has 3 heteroatoms. The van der Waals surface area contributed by atoms with Crippen LogP contribution in [0.5, 0.6) is 0 Å². The zero-order chi connectivity index (χ0) is 13.7. The van der Waals surface area contributed by atoms with Crippen LogP contribution in [0, 0.1) is 5.82 Å². The van der Waals surface area contributed by atoms with Gasteiger partial charge in [0.15, 0.2) is 5.78 Å². The summed E-state index contributed by atoms with van der Waals surface area (Å²) in [7, 11) is 1.83. The Labute approximate surface area is 112 Å². The van der Waals surface area contributed by atoms with E-state index in [1.807, 2.05) is 42.3 Å². The number of hydrogen-bond donors (Lipinski definition) is 0. The number of halogens is 1. The first-order valence-electron chi connectivity index (χ1n) is 6.17. The Kier molecular flexibility index (Phi) is 4.29. The third-order valence-electron chi connectivity index (χ3n) is 2.93. The van der Waals surface area contributed by atoms with E-state index in [-0.39, 0.29) is 11.6 Å². The fourth-order valence-electron chi connectivity index (χ4n) is 1.93. The number of benzene rings is 2. The van der Waals surface area contributed by atoms with E-state index in [4.69, 9.17) is 0 Å². The Balaban J connectivity index is 1.93. The summed E-state index contributed by atoms with van der Waals surface area (Å²) in [4.78, 5) is 13.8. The zero-order valence-electron chi connectivity index (χ0n) is 10.8. The van der Waals surface area contributed by atoms with E-state index >= 15 is 0 Å². The lowest BCUT2D eigenvalue weighted by atomic mass is 10.1. The van der Waals surface area contributed by atoms with Crippen LogP contribution in [0.1, 0.15) is 5.56 Å². The monoisotopic (exact) mass is 257 g/mol. The second kappa shape index (κ2) is 6.14. The smallest absolute Gasteiger partial charge is 0.156 e. The van der Waals surface area contributed by atoms with Gasteiger partial charge >= 0.3 is 0 Å². The maximum atomic E-state index is 12.8. The Bertz CT molecular complexity index is 536. The summed E-state index contributed by atoms with van der Waals surface area (Å²) in [6.45, 7) is 0.320. The molecule has 0 saturated heterocycles. The van der Waals surface area contributed by atoms with Gasteiger partial charge in [0.25, 0.3) is 0 Å². The van der Waals surface area contributed by atoms with Crippen molar-refractivity contribution in [1.82, 2.24) is 0 Å². The van der Waals surface area contributed by atoms with Gasteiger partial charge in [-0.1, -0.05) is 30.3 Å². The minimum atomic E-state index is -0.271. The number of ketones is 1. The first kappa shape index (κ1) is 13.3. The molecule has 2 rings (SSSR count). The predicted molar refractivity (Wildman–Crippen MR) is 74.8 cm³/mol. The van der Waals surface area contributed by atoms with Gasteiger partial charge in [0.2, 0.25) is 0 Å². The molecule has 2 aromatic rings. The average molecular weight is 257 g/mol. The molecule has 0 aliphatic carbocycles. The molecule has 0 radical (unpaired) electrons. The minimum absolute atomic E-state index is 0.137. The number of carbonyl (C=O) groups excluding carboxylic acids is 1. The van der Waals surface area contributed by atoms with Gasteiger partial charge in [-0.25, -0.2) is 4.39 Å². The van der Waals surface area contributed by atoms with Crippen molar-refractivity contribution in [2.75, 3.05) is 18.5 Å². The highest BCUT2D eigenvalue weighted by molar-refractivity contribution is 5.85. The highest BCUT2D eigenvalue weighted by Gasteiger charge is 2.08.